The van der Waals surface area contributed by atoms with Crippen LogP contribution in [0.25, 0.3) is 0 Å². The molecule has 1 atom stereocenters. The van der Waals surface area contributed by atoms with Crippen molar-refractivity contribution >= 4 is 35.0 Å². The Hall–Kier alpha value is -1.69. The number of ether oxygens (including phenoxy) is 1. The van der Waals surface area contributed by atoms with E-state index >= 15 is 0 Å². The minimum absolute atomic E-state index is 0.0555. The van der Waals surface area contributed by atoms with Crippen LogP contribution in [0.5, 0.6) is 5.75 Å². The third-order valence-electron chi connectivity index (χ3n) is 2.74. The van der Waals surface area contributed by atoms with E-state index in [1.165, 1.54) is 0 Å². The van der Waals surface area contributed by atoms with Gasteiger partial charge in [-0.15, -0.1) is 11.8 Å². The van der Waals surface area contributed by atoms with E-state index < -0.39 is 6.10 Å². The summed E-state index contributed by atoms with van der Waals surface area (Å²) in [6.45, 7) is 5.78. The fraction of sp³-hybridized carbons (Fsp3) is 0.429. The fourth-order valence-corrected chi connectivity index (χ4v) is 2.28. The average molecular weight is 294 g/mol. The number of thioether (sulfide) groups is 1. The van der Waals surface area contributed by atoms with Gasteiger partial charge < -0.3 is 15.4 Å². The standard InChI is InChI=1S/C14H18N2O3S/c1-8(2)20-7-13(17)15-10-4-5-12-11(6-10)16-14(18)9(3)19-12/h4-6,8-9H,7H2,1-3H3,(H,15,17)(H,16,18)/t9-/m1/s1. The van der Waals surface area contributed by atoms with Crippen LogP contribution in [0.1, 0.15) is 20.8 Å². The number of carbonyl (C=O) groups excluding carboxylic acids is 2. The maximum Gasteiger partial charge on any atom is 0.265 e. The summed E-state index contributed by atoms with van der Waals surface area (Å²) < 4.78 is 5.45. The molecule has 108 valence electrons. The zero-order chi connectivity index (χ0) is 14.7. The Morgan fingerprint density at radius 1 is 1.50 bits per heavy atom. The first-order valence-corrected chi connectivity index (χ1v) is 7.53. The quantitative estimate of drug-likeness (QED) is 0.895. The maximum atomic E-state index is 11.8. The van der Waals surface area contributed by atoms with Crippen LogP contribution in [0, 0.1) is 0 Å². The van der Waals surface area contributed by atoms with Gasteiger partial charge in [-0.2, -0.15) is 0 Å². The van der Waals surface area contributed by atoms with Crippen molar-refractivity contribution < 1.29 is 14.3 Å². The first kappa shape index (κ1) is 14.7. The van der Waals surface area contributed by atoms with Crippen molar-refractivity contribution in [3.8, 4) is 5.75 Å². The lowest BCUT2D eigenvalue weighted by atomic mass is 10.2. The van der Waals surface area contributed by atoms with Gasteiger partial charge in [-0.25, -0.2) is 0 Å². The molecule has 2 N–H and O–H groups in total. The van der Waals surface area contributed by atoms with Crippen molar-refractivity contribution in [2.24, 2.45) is 0 Å². The van der Waals surface area contributed by atoms with E-state index in [0.717, 1.165) is 0 Å². The third kappa shape index (κ3) is 3.66. The molecule has 2 amide bonds. The first-order valence-electron chi connectivity index (χ1n) is 6.48. The summed E-state index contributed by atoms with van der Waals surface area (Å²) in [7, 11) is 0. The molecule has 0 saturated heterocycles. The molecule has 6 heteroatoms. The number of anilines is 2. The van der Waals surface area contributed by atoms with Crippen molar-refractivity contribution in [2.45, 2.75) is 32.1 Å². The van der Waals surface area contributed by atoms with Crippen molar-refractivity contribution in [2.75, 3.05) is 16.4 Å². The molecule has 0 aromatic heterocycles. The maximum absolute atomic E-state index is 11.8. The lowest BCUT2D eigenvalue weighted by Crippen LogP contribution is -2.34. The van der Waals surface area contributed by atoms with Crippen LogP contribution < -0.4 is 15.4 Å². The summed E-state index contributed by atoms with van der Waals surface area (Å²) in [6.07, 6.45) is -0.495. The zero-order valence-electron chi connectivity index (χ0n) is 11.7. The van der Waals surface area contributed by atoms with Gasteiger partial charge in [0, 0.05) is 5.69 Å². The smallest absolute Gasteiger partial charge is 0.265 e. The Labute approximate surface area is 122 Å². The molecule has 1 heterocycles. The van der Waals surface area contributed by atoms with Crippen LogP contribution in [0.3, 0.4) is 0 Å². The Morgan fingerprint density at radius 2 is 2.25 bits per heavy atom. The largest absolute Gasteiger partial charge is 0.479 e. The van der Waals surface area contributed by atoms with Crippen molar-refractivity contribution in [1.82, 2.24) is 0 Å². The second-order valence-corrected chi connectivity index (χ2v) is 6.43. The number of fused-ring (bicyclic) bond motifs is 1. The summed E-state index contributed by atoms with van der Waals surface area (Å²) >= 11 is 1.58. The summed E-state index contributed by atoms with van der Waals surface area (Å²) in [6, 6.07) is 5.22. The molecule has 0 radical (unpaired) electrons. The lowest BCUT2D eigenvalue weighted by Gasteiger charge is -2.23. The van der Waals surface area contributed by atoms with Gasteiger partial charge in [-0.1, -0.05) is 13.8 Å². The summed E-state index contributed by atoms with van der Waals surface area (Å²) in [5, 5.41) is 5.98. The van der Waals surface area contributed by atoms with Gasteiger partial charge in [-0.05, 0) is 30.4 Å². The highest BCUT2D eigenvalue weighted by Gasteiger charge is 2.23. The number of amides is 2. The predicted molar refractivity (Wildman–Crippen MR) is 81.4 cm³/mol. The molecule has 1 aliphatic heterocycles. The number of benzene rings is 1. The predicted octanol–water partition coefficient (Wildman–Crippen LogP) is 2.49. The summed E-state index contributed by atoms with van der Waals surface area (Å²) in [5.41, 5.74) is 1.24. The summed E-state index contributed by atoms with van der Waals surface area (Å²) in [4.78, 5) is 23.3. The number of hydrogen-bond acceptors (Lipinski definition) is 4. The van der Waals surface area contributed by atoms with Crippen molar-refractivity contribution in [3.63, 3.8) is 0 Å². The van der Waals surface area contributed by atoms with Gasteiger partial charge in [0.05, 0.1) is 11.4 Å². The molecule has 1 aromatic rings. The van der Waals surface area contributed by atoms with Crippen LogP contribution >= 0.6 is 11.8 Å². The Bertz CT molecular complexity index is 531. The molecule has 0 spiro atoms. The van der Waals surface area contributed by atoms with Gasteiger partial charge in [0.2, 0.25) is 5.91 Å². The van der Waals surface area contributed by atoms with Crippen LogP contribution in [-0.4, -0.2) is 28.9 Å². The molecule has 20 heavy (non-hydrogen) atoms. The molecule has 1 aromatic carbocycles. The van der Waals surface area contributed by atoms with E-state index in [2.05, 4.69) is 10.6 Å². The highest BCUT2D eigenvalue weighted by molar-refractivity contribution is 8.00. The number of hydrogen-bond donors (Lipinski definition) is 2. The monoisotopic (exact) mass is 294 g/mol. The van der Waals surface area contributed by atoms with Crippen molar-refractivity contribution in [3.05, 3.63) is 18.2 Å². The van der Waals surface area contributed by atoms with E-state index in [-0.39, 0.29) is 11.8 Å². The van der Waals surface area contributed by atoms with Crippen LogP contribution in [-0.2, 0) is 9.59 Å². The zero-order valence-corrected chi connectivity index (χ0v) is 12.5. The molecule has 2 rings (SSSR count). The minimum atomic E-state index is -0.495. The highest BCUT2D eigenvalue weighted by Crippen LogP contribution is 2.32. The van der Waals surface area contributed by atoms with Gasteiger partial charge in [0.1, 0.15) is 5.75 Å². The topological polar surface area (TPSA) is 67.4 Å². The Balaban J connectivity index is 2.02. The van der Waals surface area contributed by atoms with Crippen LogP contribution in [0.15, 0.2) is 18.2 Å². The second kappa shape index (κ2) is 6.17. The molecule has 1 aliphatic rings. The molecule has 0 aliphatic carbocycles. The highest BCUT2D eigenvalue weighted by atomic mass is 32.2. The number of rotatable bonds is 4. The molecule has 0 bridgehead atoms. The SMILES string of the molecule is CC(C)SCC(=O)Nc1ccc2c(c1)NC(=O)[C@@H](C)O2. The lowest BCUT2D eigenvalue weighted by molar-refractivity contribution is -0.122. The van der Waals surface area contributed by atoms with E-state index in [4.69, 9.17) is 4.74 Å². The first-order chi connectivity index (χ1) is 9.45. The third-order valence-corrected chi connectivity index (χ3v) is 3.84. The van der Waals surface area contributed by atoms with E-state index in [1.54, 1.807) is 36.9 Å². The Kier molecular flexibility index (Phi) is 4.54. The molecule has 0 saturated carbocycles. The van der Waals surface area contributed by atoms with E-state index in [9.17, 15) is 9.59 Å². The normalized spacial score (nSPS) is 17.2. The van der Waals surface area contributed by atoms with Crippen LogP contribution in [0.2, 0.25) is 0 Å². The molecule has 5 nitrogen and oxygen atoms in total. The van der Waals surface area contributed by atoms with E-state index in [0.29, 0.717) is 28.1 Å². The number of nitrogens with one attached hydrogen (secondary N) is 2. The molecular formula is C14H18N2O3S. The average Bonchev–Trinajstić information content (AvgIpc) is 2.38. The molecule has 0 fully saturated rings. The molecular weight excluding hydrogens is 276 g/mol. The molecule has 0 unspecified atom stereocenters. The fourth-order valence-electron chi connectivity index (χ4n) is 1.73. The Morgan fingerprint density at radius 3 is 2.95 bits per heavy atom. The number of carbonyl (C=O) groups is 2. The van der Waals surface area contributed by atoms with Gasteiger partial charge in [0.15, 0.2) is 6.10 Å². The van der Waals surface area contributed by atoms with Crippen LogP contribution in [0.4, 0.5) is 11.4 Å². The second-order valence-electron chi connectivity index (χ2n) is 4.87. The van der Waals surface area contributed by atoms with Gasteiger partial charge in [-0.3, -0.25) is 9.59 Å². The van der Waals surface area contributed by atoms with Gasteiger partial charge in [0.25, 0.3) is 5.91 Å². The summed E-state index contributed by atoms with van der Waals surface area (Å²) in [5.74, 6) is 0.789. The minimum Gasteiger partial charge on any atom is -0.479 e. The van der Waals surface area contributed by atoms with Gasteiger partial charge >= 0.3 is 0 Å². The van der Waals surface area contributed by atoms with Crippen molar-refractivity contribution in [1.29, 1.82) is 0 Å². The van der Waals surface area contributed by atoms with E-state index in [1.807, 2.05) is 13.8 Å².